The van der Waals surface area contributed by atoms with E-state index in [1.165, 1.54) is 12.1 Å². The second-order valence-corrected chi connectivity index (χ2v) is 4.66. The summed E-state index contributed by atoms with van der Waals surface area (Å²) in [6.45, 7) is 4.01. The van der Waals surface area contributed by atoms with Gasteiger partial charge in [-0.1, -0.05) is 6.92 Å². The fourth-order valence-electron chi connectivity index (χ4n) is 1.10. The van der Waals surface area contributed by atoms with Crippen LogP contribution in [-0.4, -0.2) is 33.7 Å². The molecule has 0 spiro atoms. The number of carbonyl (C=O) groups is 1. The van der Waals surface area contributed by atoms with Crippen LogP contribution in [0.2, 0.25) is 0 Å². The van der Waals surface area contributed by atoms with Crippen LogP contribution >= 0.6 is 11.8 Å². The minimum atomic E-state index is -0.314. The number of hydrogen-bond donors (Lipinski definition) is 2. The maximum Gasteiger partial charge on any atom is 0.271 e. The second kappa shape index (κ2) is 6.32. The summed E-state index contributed by atoms with van der Waals surface area (Å²) in [4.78, 5) is 22.4. The average Bonchev–Trinajstić information content (AvgIpc) is 2.27. The molecule has 0 aromatic carbocycles. The third kappa shape index (κ3) is 4.06. The molecule has 6 heteroatoms. The first kappa shape index (κ1) is 12.8. The number of amides is 1. The van der Waals surface area contributed by atoms with Crippen LogP contribution in [0, 0.1) is 0 Å². The van der Waals surface area contributed by atoms with Crippen LogP contribution in [0.15, 0.2) is 16.9 Å². The van der Waals surface area contributed by atoms with Gasteiger partial charge >= 0.3 is 0 Å². The fourth-order valence-corrected chi connectivity index (χ4v) is 1.78. The van der Waals surface area contributed by atoms with Gasteiger partial charge in [0.1, 0.15) is 5.69 Å². The molecule has 0 aliphatic heterocycles. The third-order valence-corrected chi connectivity index (χ3v) is 3.01. The van der Waals surface area contributed by atoms with E-state index in [9.17, 15) is 9.59 Å². The predicted molar refractivity (Wildman–Crippen MR) is 64.8 cm³/mol. The Balaban J connectivity index is 2.52. The largest absolute Gasteiger partial charge is 0.347 e. The number of carbonyl (C=O) groups excluding carboxylic acids is 1. The lowest BCUT2D eigenvalue weighted by Gasteiger charge is -2.12. The van der Waals surface area contributed by atoms with E-state index in [-0.39, 0.29) is 23.2 Å². The molecule has 1 amide bonds. The Kier molecular flexibility index (Phi) is 5.04. The van der Waals surface area contributed by atoms with E-state index in [0.29, 0.717) is 0 Å². The summed E-state index contributed by atoms with van der Waals surface area (Å²) in [6, 6.07) is 2.78. The van der Waals surface area contributed by atoms with Gasteiger partial charge < -0.3 is 5.32 Å². The van der Waals surface area contributed by atoms with Gasteiger partial charge in [0.25, 0.3) is 11.5 Å². The highest BCUT2D eigenvalue weighted by Gasteiger charge is 2.10. The Bertz CT molecular complexity index is 385. The standard InChI is InChI=1S/C10H15N3O2S/c1-3-16-6-7(2)11-10(15)8-4-5-9(14)13-12-8/h4-5,7H,3,6H2,1-2H3,(H,11,15)(H,13,14). The molecule has 2 N–H and O–H groups in total. The summed E-state index contributed by atoms with van der Waals surface area (Å²) in [5.41, 5.74) is -0.0842. The fraction of sp³-hybridized carbons (Fsp3) is 0.500. The first-order valence-electron chi connectivity index (χ1n) is 5.07. The van der Waals surface area contributed by atoms with E-state index in [0.717, 1.165) is 11.5 Å². The molecule has 1 aromatic rings. The lowest BCUT2D eigenvalue weighted by atomic mass is 10.3. The van der Waals surface area contributed by atoms with Crippen LogP contribution < -0.4 is 10.9 Å². The third-order valence-electron chi connectivity index (χ3n) is 1.86. The highest BCUT2D eigenvalue weighted by molar-refractivity contribution is 7.99. The molecule has 0 aliphatic carbocycles. The molecular weight excluding hydrogens is 226 g/mol. The van der Waals surface area contributed by atoms with Crippen molar-refractivity contribution in [3.8, 4) is 0 Å². The number of hydrogen-bond acceptors (Lipinski definition) is 4. The molecule has 0 bridgehead atoms. The molecular formula is C10H15N3O2S. The molecule has 1 atom stereocenters. The van der Waals surface area contributed by atoms with Gasteiger partial charge in [0.05, 0.1) is 0 Å². The minimum absolute atomic E-state index is 0.0891. The van der Waals surface area contributed by atoms with Crippen LogP contribution in [0.4, 0.5) is 0 Å². The summed E-state index contributed by atoms with van der Waals surface area (Å²) in [7, 11) is 0. The Morgan fingerprint density at radius 2 is 2.38 bits per heavy atom. The van der Waals surface area contributed by atoms with Crippen LogP contribution in [0.5, 0.6) is 0 Å². The normalized spacial score (nSPS) is 12.1. The van der Waals surface area contributed by atoms with Gasteiger partial charge in [-0.25, -0.2) is 5.10 Å². The number of H-pyrrole nitrogens is 1. The zero-order chi connectivity index (χ0) is 12.0. The highest BCUT2D eigenvalue weighted by atomic mass is 32.2. The maximum atomic E-state index is 11.6. The molecule has 0 aliphatic rings. The number of nitrogens with zero attached hydrogens (tertiary/aromatic N) is 1. The van der Waals surface area contributed by atoms with Gasteiger partial charge in [-0.15, -0.1) is 0 Å². The smallest absolute Gasteiger partial charge is 0.271 e. The zero-order valence-corrected chi connectivity index (χ0v) is 10.1. The van der Waals surface area contributed by atoms with Crippen LogP contribution in [0.1, 0.15) is 24.3 Å². The SMILES string of the molecule is CCSCC(C)NC(=O)c1ccc(=O)[nH]n1. The topological polar surface area (TPSA) is 74.8 Å². The van der Waals surface area contributed by atoms with Crippen LogP contribution in [0.25, 0.3) is 0 Å². The Labute approximate surface area is 98.0 Å². The molecule has 0 fully saturated rings. The van der Waals surface area contributed by atoms with Crippen molar-refractivity contribution in [1.82, 2.24) is 15.5 Å². The monoisotopic (exact) mass is 241 g/mol. The van der Waals surface area contributed by atoms with Crippen molar-refractivity contribution in [3.63, 3.8) is 0 Å². The van der Waals surface area contributed by atoms with Gasteiger partial charge in [-0.05, 0) is 18.7 Å². The summed E-state index contributed by atoms with van der Waals surface area (Å²) in [5.74, 6) is 1.63. The van der Waals surface area contributed by atoms with Crippen molar-refractivity contribution in [2.75, 3.05) is 11.5 Å². The van der Waals surface area contributed by atoms with E-state index in [1.54, 1.807) is 11.8 Å². The first-order valence-corrected chi connectivity index (χ1v) is 6.23. The molecule has 1 unspecified atom stereocenters. The minimum Gasteiger partial charge on any atom is -0.347 e. The Morgan fingerprint density at radius 3 is 2.94 bits per heavy atom. The quantitative estimate of drug-likeness (QED) is 0.793. The van der Waals surface area contributed by atoms with E-state index < -0.39 is 0 Å². The van der Waals surface area contributed by atoms with E-state index in [1.807, 2.05) is 6.92 Å². The van der Waals surface area contributed by atoms with Crippen molar-refractivity contribution < 1.29 is 4.79 Å². The Hall–Kier alpha value is -1.30. The molecule has 88 valence electrons. The lowest BCUT2D eigenvalue weighted by molar-refractivity contribution is 0.0937. The first-order chi connectivity index (χ1) is 7.63. The van der Waals surface area contributed by atoms with Crippen molar-refractivity contribution in [2.45, 2.75) is 19.9 Å². The van der Waals surface area contributed by atoms with Gasteiger partial charge in [0.2, 0.25) is 0 Å². The van der Waals surface area contributed by atoms with Crippen LogP contribution in [-0.2, 0) is 0 Å². The van der Waals surface area contributed by atoms with E-state index >= 15 is 0 Å². The molecule has 0 radical (unpaired) electrons. The second-order valence-electron chi connectivity index (χ2n) is 3.34. The molecule has 1 rings (SSSR count). The van der Waals surface area contributed by atoms with Crippen molar-refractivity contribution in [1.29, 1.82) is 0 Å². The van der Waals surface area contributed by atoms with Crippen molar-refractivity contribution in [3.05, 3.63) is 28.2 Å². The summed E-state index contributed by atoms with van der Waals surface area (Å²) in [6.07, 6.45) is 0. The zero-order valence-electron chi connectivity index (χ0n) is 9.32. The van der Waals surface area contributed by atoms with Gasteiger partial charge in [-0.2, -0.15) is 16.9 Å². The predicted octanol–water partition coefficient (Wildman–Crippen LogP) is 0.641. The molecule has 16 heavy (non-hydrogen) atoms. The van der Waals surface area contributed by atoms with Gasteiger partial charge in [0, 0.05) is 17.9 Å². The summed E-state index contributed by atoms with van der Waals surface area (Å²) >= 11 is 1.76. The Morgan fingerprint density at radius 1 is 1.62 bits per heavy atom. The van der Waals surface area contributed by atoms with E-state index in [4.69, 9.17) is 0 Å². The van der Waals surface area contributed by atoms with Crippen molar-refractivity contribution in [2.24, 2.45) is 0 Å². The molecule has 0 saturated carbocycles. The van der Waals surface area contributed by atoms with Crippen LogP contribution in [0.3, 0.4) is 0 Å². The van der Waals surface area contributed by atoms with Gasteiger partial charge in [-0.3, -0.25) is 9.59 Å². The molecule has 1 heterocycles. The number of rotatable bonds is 5. The lowest BCUT2D eigenvalue weighted by Crippen LogP contribution is -2.35. The molecule has 5 nitrogen and oxygen atoms in total. The number of nitrogens with one attached hydrogen (secondary N) is 2. The number of thioether (sulfide) groups is 1. The molecule has 0 saturated heterocycles. The summed E-state index contributed by atoms with van der Waals surface area (Å²) < 4.78 is 0. The maximum absolute atomic E-state index is 11.6. The summed E-state index contributed by atoms with van der Waals surface area (Å²) in [5, 5.41) is 8.69. The average molecular weight is 241 g/mol. The van der Waals surface area contributed by atoms with Crippen molar-refractivity contribution >= 4 is 17.7 Å². The van der Waals surface area contributed by atoms with Gasteiger partial charge in [0.15, 0.2) is 0 Å². The van der Waals surface area contributed by atoms with E-state index in [2.05, 4.69) is 22.4 Å². The number of aromatic nitrogens is 2. The number of aromatic amines is 1. The molecule has 1 aromatic heterocycles. The highest BCUT2D eigenvalue weighted by Crippen LogP contribution is 2.01.